The lowest BCUT2D eigenvalue weighted by molar-refractivity contribution is -0.111. The summed E-state index contributed by atoms with van der Waals surface area (Å²) >= 11 is 5.88. The standard InChI is InChI=1S/C18H19ClN4O2/c19-14-6-8-15(9-7-14)20-18(24)17(23-10-12-25-13-11-23)22-21-16-4-2-1-3-5-16/h1-9,21H,10-13H2,(H,20,24)/b22-17-. The van der Waals surface area contributed by atoms with E-state index in [-0.39, 0.29) is 5.91 Å². The van der Waals surface area contributed by atoms with Gasteiger partial charge in [-0.25, -0.2) is 0 Å². The third-order valence-corrected chi connectivity index (χ3v) is 3.93. The van der Waals surface area contributed by atoms with Gasteiger partial charge in [0.05, 0.1) is 18.9 Å². The molecule has 1 heterocycles. The number of nitrogens with one attached hydrogen (secondary N) is 2. The summed E-state index contributed by atoms with van der Waals surface area (Å²) in [5, 5.41) is 7.80. The van der Waals surface area contributed by atoms with Crippen LogP contribution in [0.5, 0.6) is 0 Å². The number of ether oxygens (including phenoxy) is 1. The van der Waals surface area contributed by atoms with Gasteiger partial charge in [0.25, 0.3) is 5.91 Å². The van der Waals surface area contributed by atoms with Crippen molar-refractivity contribution in [2.45, 2.75) is 0 Å². The minimum absolute atomic E-state index is 0.285. The summed E-state index contributed by atoms with van der Waals surface area (Å²) in [6.07, 6.45) is 0. The van der Waals surface area contributed by atoms with E-state index in [1.165, 1.54) is 0 Å². The molecule has 1 aliphatic heterocycles. The zero-order valence-electron chi connectivity index (χ0n) is 13.6. The van der Waals surface area contributed by atoms with E-state index in [0.29, 0.717) is 42.8 Å². The Kier molecular flexibility index (Phi) is 5.87. The van der Waals surface area contributed by atoms with Crippen molar-refractivity contribution in [3.05, 3.63) is 59.6 Å². The average molecular weight is 359 g/mol. The molecule has 0 aromatic heterocycles. The lowest BCUT2D eigenvalue weighted by Crippen LogP contribution is -2.46. The third kappa shape index (κ3) is 4.95. The summed E-state index contributed by atoms with van der Waals surface area (Å²) in [5.74, 6) is 0.0368. The van der Waals surface area contributed by atoms with Crippen molar-refractivity contribution < 1.29 is 9.53 Å². The smallest absolute Gasteiger partial charge is 0.293 e. The van der Waals surface area contributed by atoms with Crippen molar-refractivity contribution in [1.82, 2.24) is 4.90 Å². The second-order valence-electron chi connectivity index (χ2n) is 5.47. The van der Waals surface area contributed by atoms with Crippen molar-refractivity contribution in [3.63, 3.8) is 0 Å². The number of hydrogen-bond donors (Lipinski definition) is 2. The van der Waals surface area contributed by atoms with Gasteiger partial charge < -0.3 is 15.0 Å². The maximum absolute atomic E-state index is 12.7. The summed E-state index contributed by atoms with van der Waals surface area (Å²) in [7, 11) is 0. The van der Waals surface area contributed by atoms with Crippen molar-refractivity contribution >= 4 is 34.7 Å². The summed E-state index contributed by atoms with van der Waals surface area (Å²) in [6.45, 7) is 2.36. The number of carbonyl (C=O) groups is 1. The number of amidine groups is 1. The fourth-order valence-electron chi connectivity index (χ4n) is 2.39. The topological polar surface area (TPSA) is 66.0 Å². The van der Waals surface area contributed by atoms with Crippen LogP contribution >= 0.6 is 11.6 Å². The zero-order valence-corrected chi connectivity index (χ0v) is 14.4. The van der Waals surface area contributed by atoms with Crippen LogP contribution < -0.4 is 10.7 Å². The van der Waals surface area contributed by atoms with Gasteiger partial charge in [-0.3, -0.25) is 10.2 Å². The van der Waals surface area contributed by atoms with Crippen LogP contribution in [0, 0.1) is 0 Å². The predicted molar refractivity (Wildman–Crippen MR) is 100.0 cm³/mol. The Bertz CT molecular complexity index is 729. The number of hydrogen-bond acceptors (Lipinski definition) is 4. The van der Waals surface area contributed by atoms with E-state index >= 15 is 0 Å². The minimum atomic E-state index is -0.285. The highest BCUT2D eigenvalue weighted by Gasteiger charge is 2.22. The fourth-order valence-corrected chi connectivity index (χ4v) is 2.52. The molecule has 0 spiro atoms. The average Bonchev–Trinajstić information content (AvgIpc) is 2.65. The van der Waals surface area contributed by atoms with Gasteiger partial charge in [0.2, 0.25) is 5.84 Å². The molecule has 1 amide bonds. The number of morpholine rings is 1. The SMILES string of the molecule is O=C(Nc1ccc(Cl)cc1)/C(=N/Nc1ccccc1)N1CCOCC1. The van der Waals surface area contributed by atoms with Gasteiger partial charge in [-0.15, -0.1) is 0 Å². The number of halogens is 1. The van der Waals surface area contributed by atoms with Crippen LogP contribution in [0.2, 0.25) is 5.02 Å². The Balaban J connectivity index is 1.76. The highest BCUT2D eigenvalue weighted by Crippen LogP contribution is 2.14. The summed E-state index contributed by atoms with van der Waals surface area (Å²) in [4.78, 5) is 14.6. The number of anilines is 2. The second-order valence-corrected chi connectivity index (χ2v) is 5.91. The van der Waals surface area contributed by atoms with E-state index in [1.54, 1.807) is 24.3 Å². The number of benzene rings is 2. The number of para-hydroxylation sites is 1. The first-order chi connectivity index (χ1) is 12.2. The van der Waals surface area contributed by atoms with Gasteiger partial charge in [0.15, 0.2) is 0 Å². The molecule has 0 bridgehead atoms. The Morgan fingerprint density at radius 3 is 2.36 bits per heavy atom. The van der Waals surface area contributed by atoms with Gasteiger partial charge in [0.1, 0.15) is 0 Å². The molecule has 0 saturated carbocycles. The quantitative estimate of drug-likeness (QED) is 0.503. The summed E-state index contributed by atoms with van der Waals surface area (Å²) < 4.78 is 5.36. The normalized spacial score (nSPS) is 14.9. The first kappa shape index (κ1) is 17.3. The number of carbonyl (C=O) groups excluding carboxylic acids is 1. The van der Waals surface area contributed by atoms with Crippen LogP contribution in [0.15, 0.2) is 59.7 Å². The molecule has 0 radical (unpaired) electrons. The summed E-state index contributed by atoms with van der Waals surface area (Å²) in [6, 6.07) is 16.5. The largest absolute Gasteiger partial charge is 0.378 e. The van der Waals surface area contributed by atoms with Crippen molar-refractivity contribution in [2.24, 2.45) is 5.10 Å². The first-order valence-electron chi connectivity index (χ1n) is 8.01. The summed E-state index contributed by atoms with van der Waals surface area (Å²) in [5.41, 5.74) is 4.42. The molecule has 130 valence electrons. The van der Waals surface area contributed by atoms with Crippen molar-refractivity contribution in [3.8, 4) is 0 Å². The van der Waals surface area contributed by atoms with Crippen LogP contribution in [-0.2, 0) is 9.53 Å². The Labute approximate surface area is 151 Å². The van der Waals surface area contributed by atoms with Gasteiger partial charge in [-0.1, -0.05) is 29.8 Å². The van der Waals surface area contributed by atoms with Crippen LogP contribution in [-0.4, -0.2) is 42.9 Å². The molecule has 0 unspecified atom stereocenters. The molecule has 0 atom stereocenters. The van der Waals surface area contributed by atoms with E-state index in [4.69, 9.17) is 16.3 Å². The lowest BCUT2D eigenvalue weighted by atomic mass is 10.3. The maximum Gasteiger partial charge on any atom is 0.293 e. The monoisotopic (exact) mass is 358 g/mol. The minimum Gasteiger partial charge on any atom is -0.378 e. The van der Waals surface area contributed by atoms with Crippen LogP contribution in [0.1, 0.15) is 0 Å². The van der Waals surface area contributed by atoms with Crippen LogP contribution in [0.4, 0.5) is 11.4 Å². The van der Waals surface area contributed by atoms with Crippen LogP contribution in [0.3, 0.4) is 0 Å². The molecule has 6 nitrogen and oxygen atoms in total. The Morgan fingerprint density at radius 1 is 1.00 bits per heavy atom. The lowest BCUT2D eigenvalue weighted by Gasteiger charge is -2.28. The molecule has 25 heavy (non-hydrogen) atoms. The molecule has 2 aromatic carbocycles. The zero-order chi connectivity index (χ0) is 17.5. The maximum atomic E-state index is 12.7. The van der Waals surface area contributed by atoms with E-state index in [9.17, 15) is 4.79 Å². The highest BCUT2D eigenvalue weighted by atomic mass is 35.5. The van der Waals surface area contributed by atoms with E-state index in [2.05, 4.69) is 15.8 Å². The molecule has 7 heteroatoms. The molecule has 1 aliphatic rings. The van der Waals surface area contributed by atoms with Gasteiger partial charge in [0, 0.05) is 23.8 Å². The fraction of sp³-hybridized carbons (Fsp3) is 0.222. The molecule has 1 fully saturated rings. The van der Waals surface area contributed by atoms with Crippen molar-refractivity contribution in [1.29, 1.82) is 0 Å². The van der Waals surface area contributed by atoms with E-state index in [1.807, 2.05) is 35.2 Å². The van der Waals surface area contributed by atoms with Crippen LogP contribution in [0.25, 0.3) is 0 Å². The molecule has 0 aliphatic carbocycles. The second kappa shape index (κ2) is 8.50. The highest BCUT2D eigenvalue weighted by molar-refractivity contribution is 6.42. The van der Waals surface area contributed by atoms with Gasteiger partial charge >= 0.3 is 0 Å². The number of nitrogens with zero attached hydrogens (tertiary/aromatic N) is 2. The molecule has 3 rings (SSSR count). The van der Waals surface area contributed by atoms with E-state index in [0.717, 1.165) is 5.69 Å². The Hall–Kier alpha value is -2.57. The Morgan fingerprint density at radius 2 is 1.68 bits per heavy atom. The predicted octanol–water partition coefficient (Wildman–Crippen LogP) is 3.04. The molecular weight excluding hydrogens is 340 g/mol. The molecular formula is C18H19ClN4O2. The third-order valence-electron chi connectivity index (χ3n) is 3.68. The van der Waals surface area contributed by atoms with Gasteiger partial charge in [-0.2, -0.15) is 5.10 Å². The number of rotatable bonds is 3. The van der Waals surface area contributed by atoms with Gasteiger partial charge in [-0.05, 0) is 36.4 Å². The first-order valence-corrected chi connectivity index (χ1v) is 8.38. The number of amides is 1. The molecule has 2 aromatic rings. The molecule has 2 N–H and O–H groups in total. The number of hydrazone groups is 1. The molecule has 1 saturated heterocycles. The van der Waals surface area contributed by atoms with E-state index < -0.39 is 0 Å². The van der Waals surface area contributed by atoms with Crippen molar-refractivity contribution in [2.75, 3.05) is 37.0 Å².